The molecule has 0 amide bonds. The number of nitrogens with one attached hydrogen (secondary N) is 1. The van der Waals surface area contributed by atoms with Crippen molar-refractivity contribution >= 4 is 23.2 Å². The van der Waals surface area contributed by atoms with Crippen LogP contribution in [-0.2, 0) is 0 Å². The van der Waals surface area contributed by atoms with Crippen LogP contribution in [0.3, 0.4) is 0 Å². The highest BCUT2D eigenvalue weighted by atomic mass is 35.5. The predicted molar refractivity (Wildman–Crippen MR) is 79.4 cm³/mol. The van der Waals surface area contributed by atoms with E-state index in [1.54, 1.807) is 6.07 Å². The second kappa shape index (κ2) is 5.75. The standard InChI is InChI=1S/C15H15Cl2N/c1-10(18-2)11-4-3-5-12(8-11)14-9-13(16)6-7-15(14)17/h3-10,18H,1-2H3. The molecule has 1 atom stereocenters. The average molecular weight is 280 g/mol. The second-order valence-electron chi connectivity index (χ2n) is 4.26. The van der Waals surface area contributed by atoms with Crippen LogP contribution < -0.4 is 5.32 Å². The van der Waals surface area contributed by atoms with Crippen molar-refractivity contribution in [2.24, 2.45) is 0 Å². The van der Waals surface area contributed by atoms with Gasteiger partial charge < -0.3 is 5.32 Å². The normalized spacial score (nSPS) is 12.4. The monoisotopic (exact) mass is 279 g/mol. The van der Waals surface area contributed by atoms with Crippen molar-refractivity contribution < 1.29 is 0 Å². The summed E-state index contributed by atoms with van der Waals surface area (Å²) >= 11 is 12.2. The van der Waals surface area contributed by atoms with E-state index < -0.39 is 0 Å². The molecule has 0 saturated carbocycles. The molecular formula is C15H15Cl2N. The molecule has 0 saturated heterocycles. The van der Waals surface area contributed by atoms with Crippen molar-refractivity contribution in [3.8, 4) is 11.1 Å². The maximum atomic E-state index is 6.22. The molecule has 0 aliphatic carbocycles. The molecule has 94 valence electrons. The molecule has 3 heteroatoms. The molecule has 0 aliphatic heterocycles. The molecular weight excluding hydrogens is 265 g/mol. The van der Waals surface area contributed by atoms with E-state index in [0.29, 0.717) is 16.1 Å². The van der Waals surface area contributed by atoms with Gasteiger partial charge in [-0.15, -0.1) is 0 Å². The fourth-order valence-corrected chi connectivity index (χ4v) is 2.26. The minimum Gasteiger partial charge on any atom is -0.313 e. The smallest absolute Gasteiger partial charge is 0.0485 e. The lowest BCUT2D eigenvalue weighted by molar-refractivity contribution is 0.652. The first-order chi connectivity index (χ1) is 8.61. The summed E-state index contributed by atoms with van der Waals surface area (Å²) in [5, 5.41) is 4.64. The summed E-state index contributed by atoms with van der Waals surface area (Å²) in [6.45, 7) is 2.12. The Morgan fingerprint density at radius 3 is 2.56 bits per heavy atom. The number of rotatable bonds is 3. The molecule has 1 nitrogen and oxygen atoms in total. The molecule has 0 aliphatic rings. The van der Waals surface area contributed by atoms with Crippen LogP contribution in [-0.4, -0.2) is 7.05 Å². The Kier molecular flexibility index (Phi) is 4.28. The van der Waals surface area contributed by atoms with Gasteiger partial charge in [0, 0.05) is 21.7 Å². The van der Waals surface area contributed by atoms with E-state index in [1.807, 2.05) is 31.3 Å². The second-order valence-corrected chi connectivity index (χ2v) is 5.10. The third kappa shape index (κ3) is 2.86. The molecule has 0 fully saturated rings. The van der Waals surface area contributed by atoms with E-state index in [0.717, 1.165) is 11.1 Å². The highest BCUT2D eigenvalue weighted by molar-refractivity contribution is 6.35. The van der Waals surface area contributed by atoms with Crippen molar-refractivity contribution in [3.05, 3.63) is 58.1 Å². The van der Waals surface area contributed by atoms with Crippen LogP contribution in [0.1, 0.15) is 18.5 Å². The van der Waals surface area contributed by atoms with Gasteiger partial charge >= 0.3 is 0 Å². The predicted octanol–water partition coefficient (Wildman–Crippen LogP) is 4.94. The third-order valence-electron chi connectivity index (χ3n) is 3.06. The van der Waals surface area contributed by atoms with E-state index in [1.165, 1.54) is 5.56 Å². The Balaban J connectivity index is 2.47. The molecule has 2 aromatic rings. The van der Waals surface area contributed by atoms with Gasteiger partial charge in [-0.25, -0.2) is 0 Å². The Morgan fingerprint density at radius 1 is 1.06 bits per heavy atom. The first-order valence-electron chi connectivity index (χ1n) is 5.84. The summed E-state index contributed by atoms with van der Waals surface area (Å²) in [7, 11) is 1.95. The summed E-state index contributed by atoms with van der Waals surface area (Å²) in [4.78, 5) is 0. The van der Waals surface area contributed by atoms with Crippen molar-refractivity contribution in [2.45, 2.75) is 13.0 Å². The lowest BCUT2D eigenvalue weighted by Crippen LogP contribution is -2.12. The Hall–Kier alpha value is -1.02. The van der Waals surface area contributed by atoms with Crippen LogP contribution in [0.4, 0.5) is 0 Å². The van der Waals surface area contributed by atoms with Crippen molar-refractivity contribution in [1.29, 1.82) is 0 Å². The average Bonchev–Trinajstić information content (AvgIpc) is 2.40. The molecule has 1 N–H and O–H groups in total. The van der Waals surface area contributed by atoms with Gasteiger partial charge in [-0.05, 0) is 49.4 Å². The summed E-state index contributed by atoms with van der Waals surface area (Å²) < 4.78 is 0. The van der Waals surface area contributed by atoms with Gasteiger partial charge in [0.2, 0.25) is 0 Å². The van der Waals surface area contributed by atoms with Crippen LogP contribution in [0.25, 0.3) is 11.1 Å². The molecule has 0 spiro atoms. The first kappa shape index (κ1) is 13.4. The van der Waals surface area contributed by atoms with Crippen LogP contribution in [0.15, 0.2) is 42.5 Å². The quantitative estimate of drug-likeness (QED) is 0.839. The fourth-order valence-electron chi connectivity index (χ4n) is 1.86. The largest absolute Gasteiger partial charge is 0.313 e. The zero-order chi connectivity index (χ0) is 13.1. The van der Waals surface area contributed by atoms with Crippen molar-refractivity contribution in [3.63, 3.8) is 0 Å². The Labute approximate surface area is 118 Å². The van der Waals surface area contributed by atoms with Gasteiger partial charge in [-0.1, -0.05) is 41.4 Å². The van der Waals surface area contributed by atoms with Gasteiger partial charge in [-0.2, -0.15) is 0 Å². The van der Waals surface area contributed by atoms with E-state index in [4.69, 9.17) is 23.2 Å². The van der Waals surface area contributed by atoms with Crippen LogP contribution in [0.2, 0.25) is 10.0 Å². The topological polar surface area (TPSA) is 12.0 Å². The minimum absolute atomic E-state index is 0.308. The lowest BCUT2D eigenvalue weighted by Gasteiger charge is -2.13. The maximum Gasteiger partial charge on any atom is 0.0485 e. The summed E-state index contributed by atoms with van der Waals surface area (Å²) in [5.74, 6) is 0. The number of halogens is 2. The van der Waals surface area contributed by atoms with E-state index in [2.05, 4.69) is 24.4 Å². The van der Waals surface area contributed by atoms with Crippen LogP contribution in [0.5, 0.6) is 0 Å². The van der Waals surface area contributed by atoms with Crippen LogP contribution in [0, 0.1) is 0 Å². The molecule has 1 unspecified atom stereocenters. The van der Waals surface area contributed by atoms with Gasteiger partial charge in [0.15, 0.2) is 0 Å². The zero-order valence-electron chi connectivity index (χ0n) is 10.4. The SMILES string of the molecule is CNC(C)c1cccc(-c2cc(Cl)ccc2Cl)c1. The first-order valence-corrected chi connectivity index (χ1v) is 6.60. The maximum absolute atomic E-state index is 6.22. The molecule has 18 heavy (non-hydrogen) atoms. The van der Waals surface area contributed by atoms with Gasteiger partial charge in [-0.3, -0.25) is 0 Å². The molecule has 0 aromatic heterocycles. The Morgan fingerprint density at radius 2 is 1.83 bits per heavy atom. The third-order valence-corrected chi connectivity index (χ3v) is 3.62. The highest BCUT2D eigenvalue weighted by Gasteiger charge is 2.07. The molecule has 0 bridgehead atoms. The summed E-state index contributed by atoms with van der Waals surface area (Å²) in [6, 6.07) is 14.2. The van der Waals surface area contributed by atoms with Gasteiger partial charge in [0.1, 0.15) is 0 Å². The number of benzene rings is 2. The highest BCUT2D eigenvalue weighted by Crippen LogP contribution is 2.31. The van der Waals surface area contributed by atoms with Crippen molar-refractivity contribution in [1.82, 2.24) is 5.32 Å². The molecule has 2 rings (SSSR count). The summed E-state index contributed by atoms with van der Waals surface area (Å²) in [5.41, 5.74) is 3.28. The fraction of sp³-hybridized carbons (Fsp3) is 0.200. The van der Waals surface area contributed by atoms with E-state index in [-0.39, 0.29) is 0 Å². The van der Waals surface area contributed by atoms with Crippen molar-refractivity contribution in [2.75, 3.05) is 7.05 Å². The summed E-state index contributed by atoms with van der Waals surface area (Å²) in [6.07, 6.45) is 0. The zero-order valence-corrected chi connectivity index (χ0v) is 11.9. The molecule has 0 radical (unpaired) electrons. The van der Waals surface area contributed by atoms with E-state index >= 15 is 0 Å². The number of hydrogen-bond donors (Lipinski definition) is 1. The minimum atomic E-state index is 0.308. The van der Waals surface area contributed by atoms with E-state index in [9.17, 15) is 0 Å². The lowest BCUT2D eigenvalue weighted by atomic mass is 10.0. The molecule has 0 heterocycles. The molecule has 2 aromatic carbocycles. The number of hydrogen-bond acceptors (Lipinski definition) is 1. The van der Waals surface area contributed by atoms with Crippen LogP contribution >= 0.6 is 23.2 Å². The van der Waals surface area contributed by atoms with Gasteiger partial charge in [0.25, 0.3) is 0 Å². The van der Waals surface area contributed by atoms with Gasteiger partial charge in [0.05, 0.1) is 0 Å². The Bertz CT molecular complexity index is 552.